The van der Waals surface area contributed by atoms with Crippen LogP contribution >= 0.6 is 11.3 Å². The highest BCUT2D eigenvalue weighted by Gasteiger charge is 2.21. The number of rotatable bonds is 4. The minimum absolute atomic E-state index is 0.118. The summed E-state index contributed by atoms with van der Waals surface area (Å²) in [5.74, 6) is 0.345. The molecule has 0 spiro atoms. The fourth-order valence-electron chi connectivity index (χ4n) is 2.55. The van der Waals surface area contributed by atoms with Gasteiger partial charge in [0.15, 0.2) is 9.84 Å². The first-order valence-electron chi connectivity index (χ1n) is 7.81. The van der Waals surface area contributed by atoms with Gasteiger partial charge in [-0.05, 0) is 31.2 Å². The molecule has 0 atom stereocenters. The lowest BCUT2D eigenvalue weighted by atomic mass is 10.1. The number of carbonyl (C=O) groups excluding carboxylic acids is 1. The second kappa shape index (κ2) is 7.04. The van der Waals surface area contributed by atoms with Crippen LogP contribution in [-0.2, 0) is 16.4 Å². The number of hydrogen-bond acceptors (Lipinski definition) is 5. The van der Waals surface area contributed by atoms with Crippen molar-refractivity contribution in [1.29, 1.82) is 0 Å². The highest BCUT2D eigenvalue weighted by molar-refractivity contribution is 7.91. The third-order valence-corrected chi connectivity index (χ3v) is 6.62. The van der Waals surface area contributed by atoms with Crippen LogP contribution < -0.4 is 5.32 Å². The average Bonchev–Trinajstić information content (AvgIpc) is 2.97. The topological polar surface area (TPSA) is 66.5 Å². The van der Waals surface area contributed by atoms with E-state index in [1.807, 2.05) is 43.3 Å². The Hall–Kier alpha value is -1.70. The van der Waals surface area contributed by atoms with Crippen LogP contribution in [-0.4, -0.2) is 43.8 Å². The van der Waals surface area contributed by atoms with E-state index in [0.29, 0.717) is 18.7 Å². The van der Waals surface area contributed by atoms with Crippen molar-refractivity contribution in [2.24, 2.45) is 0 Å². The van der Waals surface area contributed by atoms with Crippen LogP contribution in [0.15, 0.2) is 36.4 Å². The van der Waals surface area contributed by atoms with Gasteiger partial charge >= 0.3 is 0 Å². The van der Waals surface area contributed by atoms with E-state index in [1.165, 1.54) is 11.3 Å². The Morgan fingerprint density at radius 2 is 1.79 bits per heavy atom. The van der Waals surface area contributed by atoms with Crippen LogP contribution in [0, 0.1) is 6.92 Å². The van der Waals surface area contributed by atoms with Crippen LogP contribution in [0.1, 0.15) is 20.8 Å². The van der Waals surface area contributed by atoms with Gasteiger partial charge in [0.1, 0.15) is 0 Å². The third-order valence-electron chi connectivity index (χ3n) is 4.03. The van der Waals surface area contributed by atoms with Crippen molar-refractivity contribution < 1.29 is 13.2 Å². The zero-order chi connectivity index (χ0) is 17.2. The largest absolute Gasteiger partial charge is 0.314 e. The molecule has 0 saturated carbocycles. The minimum atomic E-state index is -2.85. The summed E-state index contributed by atoms with van der Waals surface area (Å²) in [6, 6.07) is 11.3. The van der Waals surface area contributed by atoms with Crippen LogP contribution in [0.4, 0.5) is 5.00 Å². The normalized spacial score (nSPS) is 17.5. The number of aryl methyl sites for hydroxylation is 1. The Labute approximate surface area is 146 Å². The molecule has 1 N–H and O–H groups in total. The minimum Gasteiger partial charge on any atom is -0.314 e. The monoisotopic (exact) mass is 364 g/mol. The molecule has 128 valence electrons. The van der Waals surface area contributed by atoms with Gasteiger partial charge in [0, 0.05) is 30.1 Å². The van der Waals surface area contributed by atoms with Gasteiger partial charge < -0.3 is 5.32 Å². The van der Waals surface area contributed by atoms with E-state index in [9.17, 15) is 13.2 Å². The van der Waals surface area contributed by atoms with Gasteiger partial charge in [-0.25, -0.2) is 8.42 Å². The lowest BCUT2D eigenvalue weighted by Gasteiger charge is -2.25. The summed E-state index contributed by atoms with van der Waals surface area (Å²) in [4.78, 5) is 15.5. The Bertz CT molecular complexity index is 812. The number of hydrogen-bond donors (Lipinski definition) is 1. The molecular weight excluding hydrogens is 344 g/mol. The second-order valence-corrected chi connectivity index (χ2v) is 9.49. The van der Waals surface area contributed by atoms with Crippen molar-refractivity contribution in [1.82, 2.24) is 4.90 Å². The van der Waals surface area contributed by atoms with E-state index in [-0.39, 0.29) is 17.4 Å². The maximum absolute atomic E-state index is 12.2. The SMILES string of the molecule is Cc1ccc(C(=O)Nc2ccc(CN3CCS(=O)(=O)CC3)s2)cc1. The molecule has 0 radical (unpaired) electrons. The quantitative estimate of drug-likeness (QED) is 0.905. The number of sulfone groups is 1. The number of amides is 1. The second-order valence-electron chi connectivity index (χ2n) is 6.01. The fourth-order valence-corrected chi connectivity index (χ4v) is 4.77. The van der Waals surface area contributed by atoms with E-state index >= 15 is 0 Å². The molecular formula is C17H20N2O3S2. The Balaban J connectivity index is 1.57. The predicted molar refractivity (Wildman–Crippen MR) is 97.4 cm³/mol. The highest BCUT2D eigenvalue weighted by Crippen LogP contribution is 2.24. The zero-order valence-electron chi connectivity index (χ0n) is 13.5. The van der Waals surface area contributed by atoms with Gasteiger partial charge in [-0.2, -0.15) is 0 Å². The first-order chi connectivity index (χ1) is 11.4. The van der Waals surface area contributed by atoms with Gasteiger partial charge in [0.05, 0.1) is 16.5 Å². The van der Waals surface area contributed by atoms with Crippen molar-refractivity contribution in [3.05, 3.63) is 52.4 Å². The molecule has 1 amide bonds. The molecule has 1 aromatic carbocycles. The molecule has 2 heterocycles. The molecule has 1 fully saturated rings. The zero-order valence-corrected chi connectivity index (χ0v) is 15.1. The van der Waals surface area contributed by atoms with Crippen LogP contribution in [0.2, 0.25) is 0 Å². The van der Waals surface area contributed by atoms with Gasteiger partial charge in [-0.15, -0.1) is 11.3 Å². The molecule has 5 nitrogen and oxygen atoms in total. The first-order valence-corrected chi connectivity index (χ1v) is 10.4. The molecule has 3 rings (SSSR count). The standard InChI is InChI=1S/C17H20N2O3S2/c1-13-2-4-14(5-3-13)17(20)18-16-7-6-15(23-16)12-19-8-10-24(21,22)11-9-19/h2-7H,8-12H2,1H3,(H,18,20). The number of benzene rings is 1. The van der Waals surface area contributed by atoms with E-state index in [2.05, 4.69) is 10.2 Å². The average molecular weight is 364 g/mol. The lowest BCUT2D eigenvalue weighted by Crippen LogP contribution is -2.39. The molecule has 1 aliphatic heterocycles. The summed E-state index contributed by atoms with van der Waals surface area (Å²) in [5.41, 5.74) is 1.75. The predicted octanol–water partition coefficient (Wildman–Crippen LogP) is 2.54. The number of nitrogens with one attached hydrogen (secondary N) is 1. The summed E-state index contributed by atoms with van der Waals surface area (Å²) in [6.07, 6.45) is 0. The number of anilines is 1. The molecule has 0 unspecified atom stereocenters. The van der Waals surface area contributed by atoms with Crippen molar-refractivity contribution in [2.45, 2.75) is 13.5 Å². The Morgan fingerprint density at radius 1 is 1.12 bits per heavy atom. The van der Waals surface area contributed by atoms with Crippen molar-refractivity contribution in [3.8, 4) is 0 Å². The molecule has 2 aromatic rings. The number of carbonyl (C=O) groups is 1. The number of thiophene rings is 1. The van der Waals surface area contributed by atoms with E-state index in [4.69, 9.17) is 0 Å². The van der Waals surface area contributed by atoms with Crippen LogP contribution in [0.25, 0.3) is 0 Å². The summed E-state index contributed by atoms with van der Waals surface area (Å²) in [5, 5.41) is 3.72. The Morgan fingerprint density at radius 3 is 2.46 bits per heavy atom. The van der Waals surface area contributed by atoms with Gasteiger partial charge in [0.2, 0.25) is 0 Å². The lowest BCUT2D eigenvalue weighted by molar-refractivity contribution is 0.102. The van der Waals surface area contributed by atoms with Crippen LogP contribution in [0.5, 0.6) is 0 Å². The molecule has 24 heavy (non-hydrogen) atoms. The molecule has 1 saturated heterocycles. The summed E-state index contributed by atoms with van der Waals surface area (Å²) < 4.78 is 22.9. The van der Waals surface area contributed by atoms with Crippen LogP contribution in [0.3, 0.4) is 0 Å². The molecule has 0 aliphatic carbocycles. The van der Waals surface area contributed by atoms with Gasteiger partial charge in [-0.1, -0.05) is 17.7 Å². The van der Waals surface area contributed by atoms with Gasteiger partial charge in [-0.3, -0.25) is 9.69 Å². The van der Waals surface area contributed by atoms with Crippen molar-refractivity contribution in [2.75, 3.05) is 29.9 Å². The number of nitrogens with zero attached hydrogens (tertiary/aromatic N) is 1. The summed E-state index contributed by atoms with van der Waals surface area (Å²) >= 11 is 1.53. The molecule has 0 bridgehead atoms. The van der Waals surface area contributed by atoms with Crippen molar-refractivity contribution >= 4 is 32.1 Å². The maximum atomic E-state index is 12.2. The third kappa shape index (κ3) is 4.43. The van der Waals surface area contributed by atoms with E-state index in [1.54, 1.807) is 0 Å². The van der Waals surface area contributed by atoms with E-state index < -0.39 is 9.84 Å². The maximum Gasteiger partial charge on any atom is 0.256 e. The van der Waals surface area contributed by atoms with Gasteiger partial charge in [0.25, 0.3) is 5.91 Å². The fraction of sp³-hybridized carbons (Fsp3) is 0.353. The van der Waals surface area contributed by atoms with E-state index in [0.717, 1.165) is 22.0 Å². The smallest absolute Gasteiger partial charge is 0.256 e. The Kier molecular flexibility index (Phi) is 5.03. The molecule has 1 aliphatic rings. The summed E-state index contributed by atoms with van der Waals surface area (Å²) in [7, 11) is -2.85. The highest BCUT2D eigenvalue weighted by atomic mass is 32.2. The molecule has 1 aromatic heterocycles. The summed E-state index contributed by atoms with van der Waals surface area (Å²) in [6.45, 7) is 3.86. The first kappa shape index (κ1) is 17.1. The molecule has 7 heteroatoms. The van der Waals surface area contributed by atoms with Crippen molar-refractivity contribution in [3.63, 3.8) is 0 Å².